The van der Waals surface area contributed by atoms with Crippen molar-refractivity contribution in [2.45, 2.75) is 19.6 Å². The van der Waals surface area contributed by atoms with Crippen molar-refractivity contribution in [1.29, 1.82) is 0 Å². The monoisotopic (exact) mass is 616 g/mol. The summed E-state index contributed by atoms with van der Waals surface area (Å²) in [5.41, 5.74) is 3.61. The van der Waals surface area contributed by atoms with Gasteiger partial charge in [-0.2, -0.15) is 0 Å². The van der Waals surface area contributed by atoms with E-state index in [2.05, 4.69) is 0 Å². The van der Waals surface area contributed by atoms with Gasteiger partial charge >= 0.3 is 0 Å². The van der Waals surface area contributed by atoms with Crippen LogP contribution in [0.25, 0.3) is 6.08 Å². The van der Waals surface area contributed by atoms with Crippen molar-refractivity contribution in [3.05, 3.63) is 96.8 Å². The third-order valence-corrected chi connectivity index (χ3v) is 8.49. The zero-order chi connectivity index (χ0) is 28.4. The lowest BCUT2D eigenvalue weighted by atomic mass is 10.00. The molecule has 40 heavy (non-hydrogen) atoms. The SMILES string of the molecule is COc1cc(/C=C2\SC(=O)N(CC(=O)N3CCc4ccccc4C3)C2=O)cc(Cl)c1OCc1ccc(Cl)c(Cl)c1. The van der Waals surface area contributed by atoms with E-state index in [-0.39, 0.29) is 29.0 Å². The largest absolute Gasteiger partial charge is 0.493 e. The van der Waals surface area contributed by atoms with Crippen LogP contribution in [-0.2, 0) is 29.2 Å². The van der Waals surface area contributed by atoms with Gasteiger partial charge in [0.25, 0.3) is 11.1 Å². The molecule has 2 aliphatic heterocycles. The molecule has 3 amide bonds. The minimum Gasteiger partial charge on any atom is -0.493 e. The molecule has 11 heteroatoms. The summed E-state index contributed by atoms with van der Waals surface area (Å²) in [6.07, 6.45) is 2.28. The van der Waals surface area contributed by atoms with E-state index < -0.39 is 11.1 Å². The van der Waals surface area contributed by atoms with Crippen LogP contribution >= 0.6 is 46.6 Å². The molecule has 0 atom stereocenters. The Kier molecular flexibility index (Phi) is 8.61. The smallest absolute Gasteiger partial charge is 0.294 e. The highest BCUT2D eigenvalue weighted by molar-refractivity contribution is 8.18. The van der Waals surface area contributed by atoms with Crippen molar-refractivity contribution < 1.29 is 23.9 Å². The van der Waals surface area contributed by atoms with Gasteiger partial charge < -0.3 is 14.4 Å². The summed E-state index contributed by atoms with van der Waals surface area (Å²) < 4.78 is 11.4. The van der Waals surface area contributed by atoms with Crippen LogP contribution in [0.15, 0.2) is 59.5 Å². The van der Waals surface area contributed by atoms with Crippen LogP contribution in [0.3, 0.4) is 0 Å². The Hall–Kier alpha value is -3.17. The first-order chi connectivity index (χ1) is 19.2. The molecule has 1 fully saturated rings. The molecule has 0 aromatic heterocycles. The third kappa shape index (κ3) is 6.10. The number of fused-ring (bicyclic) bond motifs is 1. The number of benzene rings is 3. The first-order valence-electron chi connectivity index (χ1n) is 12.3. The van der Waals surface area contributed by atoms with Gasteiger partial charge in [-0.15, -0.1) is 0 Å². The summed E-state index contributed by atoms with van der Waals surface area (Å²) in [5, 5.41) is 0.608. The molecule has 2 heterocycles. The molecule has 0 radical (unpaired) electrons. The topological polar surface area (TPSA) is 76.2 Å². The number of thioether (sulfide) groups is 1. The molecule has 0 N–H and O–H groups in total. The van der Waals surface area contributed by atoms with Crippen molar-refractivity contribution in [3.8, 4) is 11.5 Å². The molecule has 0 spiro atoms. The van der Waals surface area contributed by atoms with Crippen LogP contribution in [0.2, 0.25) is 15.1 Å². The third-order valence-electron chi connectivity index (χ3n) is 6.57. The normalized spacial score (nSPS) is 15.9. The van der Waals surface area contributed by atoms with Crippen molar-refractivity contribution in [2.24, 2.45) is 0 Å². The summed E-state index contributed by atoms with van der Waals surface area (Å²) in [5.74, 6) is -0.144. The van der Waals surface area contributed by atoms with Gasteiger partial charge in [0.2, 0.25) is 5.91 Å². The van der Waals surface area contributed by atoms with E-state index in [4.69, 9.17) is 44.3 Å². The van der Waals surface area contributed by atoms with E-state index in [1.165, 1.54) is 12.7 Å². The molecule has 7 nitrogen and oxygen atoms in total. The molecular formula is C29H23Cl3N2O5S. The Balaban J connectivity index is 1.28. The van der Waals surface area contributed by atoms with Crippen molar-refractivity contribution in [1.82, 2.24) is 9.80 Å². The van der Waals surface area contributed by atoms with Crippen molar-refractivity contribution in [2.75, 3.05) is 20.2 Å². The molecule has 0 saturated carbocycles. The molecule has 3 aromatic carbocycles. The number of halogens is 3. The lowest BCUT2D eigenvalue weighted by Gasteiger charge is -2.29. The van der Waals surface area contributed by atoms with Crippen LogP contribution in [0, 0.1) is 0 Å². The second-order valence-corrected chi connectivity index (χ2v) is 11.4. The van der Waals surface area contributed by atoms with E-state index in [0.717, 1.165) is 34.2 Å². The van der Waals surface area contributed by atoms with E-state index in [1.807, 2.05) is 24.3 Å². The molecule has 3 aromatic rings. The maximum absolute atomic E-state index is 13.1. The molecule has 1 saturated heterocycles. The zero-order valence-corrected chi connectivity index (χ0v) is 24.4. The van der Waals surface area contributed by atoms with Gasteiger partial charge in [0.1, 0.15) is 13.2 Å². The summed E-state index contributed by atoms with van der Waals surface area (Å²) in [7, 11) is 1.47. The Morgan fingerprint density at radius 3 is 2.52 bits per heavy atom. The number of hydrogen-bond donors (Lipinski definition) is 0. The number of rotatable bonds is 7. The van der Waals surface area contributed by atoms with E-state index in [9.17, 15) is 14.4 Å². The number of ether oxygens (including phenoxy) is 2. The maximum atomic E-state index is 13.1. The zero-order valence-electron chi connectivity index (χ0n) is 21.3. The van der Waals surface area contributed by atoms with Crippen LogP contribution in [-0.4, -0.2) is 47.1 Å². The Morgan fingerprint density at radius 2 is 1.77 bits per heavy atom. The summed E-state index contributed by atoms with van der Waals surface area (Å²) >= 11 is 19.3. The molecule has 5 rings (SSSR count). The highest BCUT2D eigenvalue weighted by Crippen LogP contribution is 2.39. The first-order valence-corrected chi connectivity index (χ1v) is 14.2. The van der Waals surface area contributed by atoms with Gasteiger partial charge in [-0.3, -0.25) is 19.3 Å². The minimum absolute atomic E-state index is 0.168. The summed E-state index contributed by atoms with van der Waals surface area (Å²) in [4.78, 5) is 41.6. The Bertz CT molecular complexity index is 1540. The van der Waals surface area contributed by atoms with Crippen molar-refractivity contribution in [3.63, 3.8) is 0 Å². The standard InChI is InChI=1S/C29H23Cl3N2O5S/c1-38-24-12-18(11-23(32)27(24)39-16-17-6-7-21(30)22(31)10-17)13-25-28(36)34(29(37)40-25)15-26(35)33-9-8-19-4-2-3-5-20(19)14-33/h2-7,10-13H,8-9,14-16H2,1H3/b25-13-. The van der Waals surface area contributed by atoms with E-state index in [0.29, 0.717) is 40.2 Å². The van der Waals surface area contributed by atoms with Crippen LogP contribution in [0.5, 0.6) is 11.5 Å². The fraction of sp³-hybridized carbons (Fsp3) is 0.207. The van der Waals surface area contributed by atoms with Crippen LogP contribution in [0.1, 0.15) is 22.3 Å². The molecule has 0 unspecified atom stereocenters. The van der Waals surface area contributed by atoms with Gasteiger partial charge in [0.05, 0.1) is 27.1 Å². The van der Waals surface area contributed by atoms with E-state index in [1.54, 1.807) is 41.3 Å². The predicted octanol–water partition coefficient (Wildman–Crippen LogP) is 6.86. The van der Waals surface area contributed by atoms with Gasteiger partial charge in [0, 0.05) is 13.1 Å². The fourth-order valence-electron chi connectivity index (χ4n) is 4.48. The van der Waals surface area contributed by atoms with Gasteiger partial charge in [0.15, 0.2) is 11.5 Å². The highest BCUT2D eigenvalue weighted by atomic mass is 35.5. The van der Waals surface area contributed by atoms with Gasteiger partial charge in [-0.25, -0.2) is 0 Å². The molecular weight excluding hydrogens is 595 g/mol. The number of amides is 3. The maximum Gasteiger partial charge on any atom is 0.294 e. The number of carbonyl (C=O) groups excluding carboxylic acids is 3. The Morgan fingerprint density at radius 1 is 1.00 bits per heavy atom. The van der Waals surface area contributed by atoms with E-state index >= 15 is 0 Å². The lowest BCUT2D eigenvalue weighted by Crippen LogP contribution is -2.44. The van der Waals surface area contributed by atoms with Gasteiger partial charge in [-0.1, -0.05) is 65.1 Å². The molecule has 206 valence electrons. The number of imide groups is 1. The predicted molar refractivity (Wildman–Crippen MR) is 157 cm³/mol. The second-order valence-electron chi connectivity index (χ2n) is 9.17. The summed E-state index contributed by atoms with van der Waals surface area (Å²) in [6.45, 7) is 0.857. The van der Waals surface area contributed by atoms with Crippen molar-refractivity contribution >= 4 is 69.7 Å². The number of hydrogen-bond acceptors (Lipinski definition) is 6. The second kappa shape index (κ2) is 12.1. The quantitative estimate of drug-likeness (QED) is 0.270. The highest BCUT2D eigenvalue weighted by Gasteiger charge is 2.37. The number of carbonyl (C=O) groups is 3. The first kappa shape index (κ1) is 28.4. The summed E-state index contributed by atoms with van der Waals surface area (Å²) in [6, 6.07) is 16.4. The molecule has 0 aliphatic carbocycles. The van der Waals surface area contributed by atoms with Gasteiger partial charge in [-0.05, 0) is 70.8 Å². The number of nitrogens with zero attached hydrogens (tertiary/aromatic N) is 2. The Labute approximate surface area is 250 Å². The molecule has 2 aliphatic rings. The lowest BCUT2D eigenvalue weighted by molar-refractivity contribution is -0.136. The average Bonchev–Trinajstić information content (AvgIpc) is 3.20. The van der Waals surface area contributed by atoms with Crippen LogP contribution < -0.4 is 9.47 Å². The number of methoxy groups -OCH3 is 1. The van der Waals surface area contributed by atoms with Crippen LogP contribution in [0.4, 0.5) is 4.79 Å². The minimum atomic E-state index is -0.532. The molecule has 0 bridgehead atoms. The average molecular weight is 618 g/mol. The fourth-order valence-corrected chi connectivity index (χ4v) is 5.91.